The number of thioether (sulfide) groups is 1. The van der Waals surface area contributed by atoms with Crippen LogP contribution in [0.15, 0.2) is 61.7 Å². The Morgan fingerprint density at radius 2 is 1.62 bits per heavy atom. The van der Waals surface area contributed by atoms with Crippen LogP contribution in [-0.2, 0) is 14.3 Å². The van der Waals surface area contributed by atoms with Gasteiger partial charge in [0, 0.05) is 12.7 Å². The van der Waals surface area contributed by atoms with Gasteiger partial charge in [-0.3, -0.25) is 9.59 Å². The van der Waals surface area contributed by atoms with Crippen LogP contribution in [0, 0.1) is 0 Å². The number of ether oxygens (including phenoxy) is 2. The first-order valence-corrected chi connectivity index (χ1v) is 10.5. The number of carbonyl (C=O) groups excluding carboxylic acids is 4. The largest absolute Gasteiger partial charge is 0.507 e. The molecule has 1 unspecified atom stereocenters. The number of nitrogens with one attached hydrogen (secondary N) is 1. The average Bonchev–Trinajstić information content (AvgIpc) is 2.78. The fourth-order valence-corrected chi connectivity index (χ4v) is 3.28. The van der Waals surface area contributed by atoms with E-state index in [2.05, 4.69) is 18.5 Å². The summed E-state index contributed by atoms with van der Waals surface area (Å²) < 4.78 is 10.2. The fourth-order valence-electron chi connectivity index (χ4n) is 2.42. The van der Waals surface area contributed by atoms with Crippen molar-refractivity contribution < 1.29 is 33.8 Å². The van der Waals surface area contributed by atoms with Crippen molar-refractivity contribution in [1.82, 2.24) is 5.32 Å². The molecule has 0 fully saturated rings. The van der Waals surface area contributed by atoms with Crippen LogP contribution < -0.4 is 10.1 Å². The molecule has 2 aromatic rings. The molecule has 0 spiro atoms. The number of aromatic hydroxyl groups is 1. The molecule has 1 amide bonds. The lowest BCUT2D eigenvalue weighted by Gasteiger charge is -2.16. The van der Waals surface area contributed by atoms with E-state index in [9.17, 15) is 24.3 Å². The van der Waals surface area contributed by atoms with Gasteiger partial charge in [0.1, 0.15) is 23.1 Å². The molecule has 9 heteroatoms. The number of hydrogen-bond donors (Lipinski definition) is 2. The van der Waals surface area contributed by atoms with Crippen LogP contribution in [0.2, 0.25) is 0 Å². The van der Waals surface area contributed by atoms with Gasteiger partial charge >= 0.3 is 11.9 Å². The van der Waals surface area contributed by atoms with Crippen molar-refractivity contribution in [1.29, 1.82) is 0 Å². The number of amides is 1. The number of phenols is 1. The Balaban J connectivity index is 0.00000249. The van der Waals surface area contributed by atoms with Crippen molar-refractivity contribution in [3.8, 4) is 11.5 Å². The maximum atomic E-state index is 12.7. The highest BCUT2D eigenvalue weighted by atomic mass is 32.2. The summed E-state index contributed by atoms with van der Waals surface area (Å²) in [6.45, 7) is 9.03. The summed E-state index contributed by atoms with van der Waals surface area (Å²) >= 11 is 0.779. The first-order valence-electron chi connectivity index (χ1n) is 9.53. The van der Waals surface area contributed by atoms with E-state index in [1.54, 1.807) is 31.2 Å². The normalized spacial score (nSPS) is 10.7. The fraction of sp³-hybridized carbons (Fsp3) is 0.217. The van der Waals surface area contributed by atoms with E-state index in [-0.39, 0.29) is 35.0 Å². The Morgan fingerprint density at radius 1 is 1.03 bits per heavy atom. The van der Waals surface area contributed by atoms with Gasteiger partial charge in [-0.15, -0.1) is 13.2 Å². The minimum absolute atomic E-state index is 0.00969. The average molecular weight is 460 g/mol. The summed E-state index contributed by atoms with van der Waals surface area (Å²) in [7, 11) is 0. The Morgan fingerprint density at radius 3 is 2.22 bits per heavy atom. The lowest BCUT2D eigenvalue weighted by atomic mass is 10.2. The zero-order valence-electron chi connectivity index (χ0n) is 17.8. The van der Waals surface area contributed by atoms with Gasteiger partial charge in [-0.2, -0.15) is 0 Å². The molecule has 0 saturated carbocycles. The van der Waals surface area contributed by atoms with Gasteiger partial charge in [-0.05, 0) is 31.2 Å². The zero-order chi connectivity index (χ0) is 24.1. The molecule has 0 aliphatic heterocycles. The van der Waals surface area contributed by atoms with Gasteiger partial charge in [0.25, 0.3) is 0 Å². The smallest absolute Gasteiger partial charge is 0.347 e. The third kappa shape index (κ3) is 7.92. The van der Waals surface area contributed by atoms with Gasteiger partial charge in [-0.1, -0.05) is 36.0 Å². The second-order valence-corrected chi connectivity index (χ2v) is 7.00. The summed E-state index contributed by atoms with van der Waals surface area (Å²) in [4.78, 5) is 48.3. The second-order valence-electron chi connectivity index (χ2n) is 6.01. The first-order chi connectivity index (χ1) is 15.3. The highest BCUT2D eigenvalue weighted by molar-refractivity contribution is 8.14. The quantitative estimate of drug-likeness (QED) is 0.350. The summed E-state index contributed by atoms with van der Waals surface area (Å²) in [5.74, 6) is -2.19. The maximum absolute atomic E-state index is 12.7. The molecule has 0 radical (unpaired) electrons. The Kier molecular flexibility index (Phi) is 11.3. The molecule has 0 aliphatic carbocycles. The van der Waals surface area contributed by atoms with E-state index in [1.165, 1.54) is 31.2 Å². The summed E-state index contributed by atoms with van der Waals surface area (Å²) in [6.07, 6.45) is 0. The van der Waals surface area contributed by atoms with Crippen LogP contribution in [0.1, 0.15) is 34.6 Å². The summed E-state index contributed by atoms with van der Waals surface area (Å²) in [5.41, 5.74) is 0.0668. The van der Waals surface area contributed by atoms with Crippen LogP contribution in [0.4, 0.5) is 0 Å². The van der Waals surface area contributed by atoms with Crippen LogP contribution in [-0.4, -0.2) is 46.5 Å². The van der Waals surface area contributed by atoms with Gasteiger partial charge in [-0.25, -0.2) is 9.59 Å². The van der Waals surface area contributed by atoms with Gasteiger partial charge < -0.3 is 19.9 Å². The van der Waals surface area contributed by atoms with Crippen molar-refractivity contribution in [2.45, 2.75) is 19.9 Å². The van der Waals surface area contributed by atoms with Crippen LogP contribution in [0.5, 0.6) is 11.5 Å². The van der Waals surface area contributed by atoms with Crippen molar-refractivity contribution in [3.63, 3.8) is 0 Å². The molecule has 32 heavy (non-hydrogen) atoms. The van der Waals surface area contributed by atoms with Crippen molar-refractivity contribution in [3.05, 3.63) is 72.8 Å². The lowest BCUT2D eigenvalue weighted by molar-refractivity contribution is -0.146. The molecule has 2 rings (SSSR count). The lowest BCUT2D eigenvalue weighted by Crippen LogP contribution is -2.42. The Bertz CT molecular complexity index is 961. The number of benzene rings is 2. The van der Waals surface area contributed by atoms with E-state index in [0.29, 0.717) is 0 Å². The predicted octanol–water partition coefficient (Wildman–Crippen LogP) is 3.35. The SMILES string of the molecule is C=C.CCOC(=O)C(CSC(=O)c1ccccc1OC(=O)c1ccccc1O)NC(C)=O. The highest BCUT2D eigenvalue weighted by Gasteiger charge is 2.24. The molecule has 2 aromatic carbocycles. The number of para-hydroxylation sites is 2. The minimum atomic E-state index is -0.993. The molecule has 0 bridgehead atoms. The summed E-state index contributed by atoms with van der Waals surface area (Å²) in [5, 5.41) is 11.8. The van der Waals surface area contributed by atoms with Crippen molar-refractivity contribution in [2.75, 3.05) is 12.4 Å². The molecule has 0 aliphatic rings. The molecule has 0 saturated heterocycles. The van der Waals surface area contributed by atoms with E-state index in [0.717, 1.165) is 11.8 Å². The van der Waals surface area contributed by atoms with E-state index in [4.69, 9.17) is 9.47 Å². The van der Waals surface area contributed by atoms with E-state index in [1.807, 2.05) is 0 Å². The zero-order valence-corrected chi connectivity index (χ0v) is 18.6. The topological polar surface area (TPSA) is 119 Å². The monoisotopic (exact) mass is 459 g/mol. The van der Waals surface area contributed by atoms with E-state index >= 15 is 0 Å². The van der Waals surface area contributed by atoms with Crippen molar-refractivity contribution in [2.24, 2.45) is 0 Å². The predicted molar refractivity (Wildman–Crippen MR) is 122 cm³/mol. The molecule has 2 N–H and O–H groups in total. The minimum Gasteiger partial charge on any atom is -0.507 e. The molecule has 0 heterocycles. The Labute approximate surface area is 190 Å². The van der Waals surface area contributed by atoms with Gasteiger partial charge in [0.05, 0.1) is 12.2 Å². The molecule has 170 valence electrons. The second kappa shape index (κ2) is 13.7. The number of esters is 2. The first kappa shape index (κ1) is 26.4. The highest BCUT2D eigenvalue weighted by Crippen LogP contribution is 2.26. The number of rotatable bonds is 8. The van der Waals surface area contributed by atoms with Gasteiger partial charge in [0.15, 0.2) is 0 Å². The van der Waals surface area contributed by atoms with Crippen LogP contribution in [0.25, 0.3) is 0 Å². The molecule has 0 aromatic heterocycles. The number of hydrogen-bond acceptors (Lipinski definition) is 8. The van der Waals surface area contributed by atoms with Crippen LogP contribution in [0.3, 0.4) is 0 Å². The number of phenolic OH excluding ortho intramolecular Hbond substituents is 1. The molecular weight excluding hydrogens is 434 g/mol. The molecular formula is C23H25NO7S. The summed E-state index contributed by atoms with van der Waals surface area (Å²) in [6, 6.07) is 11.0. The van der Waals surface area contributed by atoms with Crippen LogP contribution >= 0.6 is 11.8 Å². The third-order valence-corrected chi connectivity index (χ3v) is 4.75. The third-order valence-electron chi connectivity index (χ3n) is 3.76. The van der Waals surface area contributed by atoms with Crippen molar-refractivity contribution >= 4 is 34.7 Å². The Hall–Kier alpha value is -3.59. The molecule has 8 nitrogen and oxygen atoms in total. The van der Waals surface area contributed by atoms with Gasteiger partial charge in [0.2, 0.25) is 11.0 Å². The molecule has 1 atom stereocenters. The number of carbonyl (C=O) groups is 4. The maximum Gasteiger partial charge on any atom is 0.347 e. The standard InChI is InChI=1S/C21H21NO7S.C2H4/c1-3-28-20(26)16(22-13(2)23)12-30-21(27)15-9-5-7-11-18(15)29-19(25)14-8-4-6-10-17(14)24;1-2/h4-11,16,24H,3,12H2,1-2H3,(H,22,23);1-2H2. The van der Waals surface area contributed by atoms with E-state index < -0.39 is 29.0 Å².